The van der Waals surface area contributed by atoms with E-state index in [1.54, 1.807) is 0 Å². The Kier molecular flexibility index (Phi) is 2.84. The Morgan fingerprint density at radius 1 is 1.50 bits per heavy atom. The summed E-state index contributed by atoms with van der Waals surface area (Å²) < 4.78 is 43.5. The SMILES string of the molecule is CC1(C(F)C(F)F)OCc2cnc(Cl)cc21. The van der Waals surface area contributed by atoms with Crippen LogP contribution < -0.4 is 0 Å². The number of rotatable bonds is 2. The molecular weight excluding hydrogens is 243 g/mol. The van der Waals surface area contributed by atoms with Crippen molar-refractivity contribution in [2.45, 2.75) is 31.7 Å². The largest absolute Gasteiger partial charge is 0.363 e. The van der Waals surface area contributed by atoms with Gasteiger partial charge in [0.1, 0.15) is 10.8 Å². The highest BCUT2D eigenvalue weighted by Gasteiger charge is 2.47. The number of aromatic nitrogens is 1. The average molecular weight is 252 g/mol. The quantitative estimate of drug-likeness (QED) is 0.754. The normalized spacial score (nSPS) is 25.9. The fourth-order valence-electron chi connectivity index (χ4n) is 1.81. The summed E-state index contributed by atoms with van der Waals surface area (Å²) in [6.07, 6.45) is -4.06. The van der Waals surface area contributed by atoms with Gasteiger partial charge in [0.15, 0.2) is 6.17 Å². The van der Waals surface area contributed by atoms with Gasteiger partial charge in [-0.25, -0.2) is 18.2 Å². The molecular formula is C10H9ClF3NO. The van der Waals surface area contributed by atoms with Gasteiger partial charge in [-0.05, 0) is 18.6 Å². The van der Waals surface area contributed by atoms with Gasteiger partial charge >= 0.3 is 0 Å². The topological polar surface area (TPSA) is 22.1 Å². The predicted octanol–water partition coefficient (Wildman–Crippen LogP) is 3.08. The summed E-state index contributed by atoms with van der Waals surface area (Å²) >= 11 is 5.66. The second kappa shape index (κ2) is 3.89. The third kappa shape index (κ3) is 1.68. The second-order valence-corrected chi connectivity index (χ2v) is 4.18. The van der Waals surface area contributed by atoms with Crippen molar-refractivity contribution in [2.24, 2.45) is 0 Å². The molecule has 0 bridgehead atoms. The van der Waals surface area contributed by atoms with E-state index < -0.39 is 18.2 Å². The van der Waals surface area contributed by atoms with Gasteiger partial charge in [-0.2, -0.15) is 0 Å². The molecule has 1 aromatic heterocycles. The summed E-state index contributed by atoms with van der Waals surface area (Å²) in [5, 5.41) is 0.136. The van der Waals surface area contributed by atoms with Crippen molar-refractivity contribution in [3.05, 3.63) is 28.5 Å². The first kappa shape index (κ1) is 11.7. The molecule has 2 nitrogen and oxygen atoms in total. The molecule has 1 aromatic rings. The van der Waals surface area contributed by atoms with Crippen LogP contribution in [0.15, 0.2) is 12.3 Å². The number of alkyl halides is 3. The minimum absolute atomic E-state index is 0.0726. The van der Waals surface area contributed by atoms with E-state index >= 15 is 0 Å². The zero-order valence-electron chi connectivity index (χ0n) is 8.38. The summed E-state index contributed by atoms with van der Waals surface area (Å²) in [4.78, 5) is 3.80. The standard InChI is InChI=1S/C10H9ClF3NO/c1-10(8(12)9(13)14)6-2-7(11)15-3-5(6)4-16-10/h2-3,8-9H,4H2,1H3. The van der Waals surface area contributed by atoms with Crippen LogP contribution in [0.25, 0.3) is 0 Å². The van der Waals surface area contributed by atoms with Crippen molar-refractivity contribution in [3.63, 3.8) is 0 Å². The van der Waals surface area contributed by atoms with Gasteiger partial charge in [0.05, 0.1) is 6.61 Å². The molecule has 1 aliphatic heterocycles. The van der Waals surface area contributed by atoms with Crippen LogP contribution in [-0.4, -0.2) is 17.6 Å². The Balaban J connectivity index is 2.45. The molecule has 2 heterocycles. The van der Waals surface area contributed by atoms with Crippen LogP contribution in [0.4, 0.5) is 13.2 Å². The molecule has 1 aliphatic rings. The molecule has 16 heavy (non-hydrogen) atoms. The molecule has 0 N–H and O–H groups in total. The Morgan fingerprint density at radius 2 is 2.19 bits per heavy atom. The first-order valence-electron chi connectivity index (χ1n) is 4.66. The molecule has 6 heteroatoms. The van der Waals surface area contributed by atoms with Crippen molar-refractivity contribution in [1.29, 1.82) is 0 Å². The smallest absolute Gasteiger partial charge is 0.272 e. The lowest BCUT2D eigenvalue weighted by molar-refractivity contribution is -0.125. The predicted molar refractivity (Wildman–Crippen MR) is 52.3 cm³/mol. The fourth-order valence-corrected chi connectivity index (χ4v) is 1.97. The maximum absolute atomic E-state index is 13.5. The van der Waals surface area contributed by atoms with E-state index in [-0.39, 0.29) is 11.8 Å². The van der Waals surface area contributed by atoms with Crippen LogP contribution in [-0.2, 0) is 16.9 Å². The van der Waals surface area contributed by atoms with Crippen LogP contribution in [0.5, 0.6) is 0 Å². The van der Waals surface area contributed by atoms with Crippen LogP contribution in [0.3, 0.4) is 0 Å². The van der Waals surface area contributed by atoms with Crippen molar-refractivity contribution in [3.8, 4) is 0 Å². The number of ether oxygens (including phenoxy) is 1. The Morgan fingerprint density at radius 3 is 2.81 bits per heavy atom. The fraction of sp³-hybridized carbons (Fsp3) is 0.500. The lowest BCUT2D eigenvalue weighted by atomic mass is 9.91. The molecule has 0 amide bonds. The molecule has 88 valence electrons. The Labute approximate surface area is 95.4 Å². The molecule has 0 aliphatic carbocycles. The van der Waals surface area contributed by atoms with Crippen LogP contribution in [0.1, 0.15) is 18.1 Å². The van der Waals surface area contributed by atoms with E-state index in [2.05, 4.69) is 4.98 Å². The van der Waals surface area contributed by atoms with Gasteiger partial charge in [-0.1, -0.05) is 11.6 Å². The summed E-state index contributed by atoms with van der Waals surface area (Å²) in [6, 6.07) is 1.37. The number of hydrogen-bond acceptors (Lipinski definition) is 2. The van der Waals surface area contributed by atoms with Crippen molar-refractivity contribution in [2.75, 3.05) is 0 Å². The minimum atomic E-state index is -3.09. The Bertz CT molecular complexity index is 415. The van der Waals surface area contributed by atoms with Gasteiger partial charge in [-0.15, -0.1) is 0 Å². The maximum Gasteiger partial charge on any atom is 0.272 e. The first-order valence-corrected chi connectivity index (χ1v) is 5.04. The zero-order chi connectivity index (χ0) is 11.9. The van der Waals surface area contributed by atoms with Gasteiger partial charge in [0.25, 0.3) is 6.43 Å². The average Bonchev–Trinajstić information content (AvgIpc) is 2.56. The maximum atomic E-state index is 13.5. The third-order valence-electron chi connectivity index (χ3n) is 2.76. The van der Waals surface area contributed by atoms with E-state index in [1.807, 2.05) is 0 Å². The van der Waals surface area contributed by atoms with Crippen LogP contribution in [0, 0.1) is 0 Å². The van der Waals surface area contributed by atoms with Gasteiger partial charge in [0.2, 0.25) is 0 Å². The van der Waals surface area contributed by atoms with Crippen molar-refractivity contribution < 1.29 is 17.9 Å². The molecule has 0 spiro atoms. The molecule has 0 saturated heterocycles. The monoisotopic (exact) mass is 251 g/mol. The van der Waals surface area contributed by atoms with Gasteiger partial charge < -0.3 is 4.74 Å². The molecule has 0 radical (unpaired) electrons. The minimum Gasteiger partial charge on any atom is -0.363 e. The van der Waals surface area contributed by atoms with E-state index in [4.69, 9.17) is 16.3 Å². The number of pyridine rings is 1. The summed E-state index contributed by atoms with van der Waals surface area (Å²) in [5.74, 6) is 0. The molecule has 2 rings (SSSR count). The van der Waals surface area contributed by atoms with E-state index in [9.17, 15) is 13.2 Å². The number of fused-ring (bicyclic) bond motifs is 1. The number of hydrogen-bond donors (Lipinski definition) is 0. The van der Waals surface area contributed by atoms with Crippen molar-refractivity contribution >= 4 is 11.6 Å². The highest BCUT2D eigenvalue weighted by atomic mass is 35.5. The summed E-state index contributed by atoms with van der Waals surface area (Å²) in [7, 11) is 0. The highest BCUT2D eigenvalue weighted by Crippen LogP contribution is 2.42. The molecule has 0 aromatic carbocycles. The van der Waals surface area contributed by atoms with Gasteiger partial charge in [0, 0.05) is 11.8 Å². The Hall–Kier alpha value is -0.810. The van der Waals surface area contributed by atoms with Crippen LogP contribution >= 0.6 is 11.6 Å². The van der Waals surface area contributed by atoms with Crippen LogP contribution in [0.2, 0.25) is 5.15 Å². The molecule has 0 saturated carbocycles. The van der Waals surface area contributed by atoms with E-state index in [0.29, 0.717) is 11.1 Å². The van der Waals surface area contributed by atoms with Gasteiger partial charge in [-0.3, -0.25) is 0 Å². The molecule has 2 atom stereocenters. The summed E-state index contributed by atoms with van der Waals surface area (Å²) in [6.45, 7) is 1.37. The molecule has 2 unspecified atom stereocenters. The van der Waals surface area contributed by atoms with E-state index in [1.165, 1.54) is 19.2 Å². The van der Waals surface area contributed by atoms with E-state index in [0.717, 1.165) is 0 Å². The lowest BCUT2D eigenvalue weighted by Gasteiger charge is -2.28. The first-order chi connectivity index (χ1) is 7.45. The second-order valence-electron chi connectivity index (χ2n) is 3.80. The highest BCUT2D eigenvalue weighted by molar-refractivity contribution is 6.29. The number of halogens is 4. The summed E-state index contributed by atoms with van der Waals surface area (Å²) in [5.41, 5.74) is -0.702. The number of nitrogens with zero attached hydrogens (tertiary/aromatic N) is 1. The lowest BCUT2D eigenvalue weighted by Crippen LogP contribution is -2.38. The third-order valence-corrected chi connectivity index (χ3v) is 2.97. The van der Waals surface area contributed by atoms with Crippen molar-refractivity contribution in [1.82, 2.24) is 4.98 Å². The molecule has 0 fully saturated rings. The zero-order valence-corrected chi connectivity index (χ0v) is 9.14.